The van der Waals surface area contributed by atoms with Gasteiger partial charge in [0.05, 0.1) is 32.8 Å². The van der Waals surface area contributed by atoms with Crippen LogP contribution in [0.1, 0.15) is 42.6 Å². The molecule has 0 spiro atoms. The number of methoxy groups -OCH3 is 2. The fraction of sp³-hybridized carbons (Fsp3) is 0.462. The lowest BCUT2D eigenvalue weighted by Gasteiger charge is -2.29. The average molecular weight is 470 g/mol. The smallest absolute Gasteiger partial charge is 0.315 e. The van der Waals surface area contributed by atoms with Crippen molar-refractivity contribution in [3.63, 3.8) is 0 Å². The van der Waals surface area contributed by atoms with E-state index in [1.165, 1.54) is 0 Å². The zero-order chi connectivity index (χ0) is 24.3. The van der Waals surface area contributed by atoms with Crippen LogP contribution >= 0.6 is 0 Å². The van der Waals surface area contributed by atoms with E-state index in [0.29, 0.717) is 55.4 Å². The van der Waals surface area contributed by atoms with E-state index in [0.717, 1.165) is 16.7 Å². The van der Waals surface area contributed by atoms with Gasteiger partial charge in [-0.25, -0.2) is 0 Å². The minimum Gasteiger partial charge on any atom is -0.493 e. The van der Waals surface area contributed by atoms with E-state index in [1.54, 1.807) is 28.1 Å². The molecule has 182 valence electrons. The molecule has 4 rings (SSSR count). The second-order valence-electron chi connectivity index (χ2n) is 9.12. The summed E-state index contributed by atoms with van der Waals surface area (Å²) in [6.07, 6.45) is 1.27. The molecule has 34 heavy (non-hydrogen) atoms. The lowest BCUT2D eigenvalue weighted by atomic mass is 9.94. The lowest BCUT2D eigenvalue weighted by Crippen LogP contribution is -2.37. The molecule has 2 aromatic rings. The Bertz CT molecular complexity index is 1070. The number of hydrogen-bond donors (Lipinski definition) is 1. The number of ether oxygens (including phenoxy) is 5. The topological polar surface area (TPSA) is 92.3 Å². The molecular weight excluding hydrogens is 438 g/mol. The number of carbonyl (C=O) groups excluding carboxylic acids is 2. The SMILES string of the molecule is COc1ccc(-c2ccc3c(c2)CNC3=O)c(OCC(C)(C)C(=O)OC2CCOCC2)c1OC. The molecule has 0 aliphatic carbocycles. The number of nitrogens with one attached hydrogen (secondary N) is 1. The molecule has 1 N–H and O–H groups in total. The summed E-state index contributed by atoms with van der Waals surface area (Å²) in [5.41, 5.74) is 2.34. The number of carbonyl (C=O) groups is 2. The molecule has 2 aromatic carbocycles. The highest BCUT2D eigenvalue weighted by Crippen LogP contribution is 2.45. The maximum Gasteiger partial charge on any atom is 0.315 e. The van der Waals surface area contributed by atoms with Crippen molar-refractivity contribution in [2.45, 2.75) is 39.3 Å². The number of rotatable bonds is 8. The van der Waals surface area contributed by atoms with E-state index in [4.69, 9.17) is 23.7 Å². The highest BCUT2D eigenvalue weighted by molar-refractivity contribution is 5.99. The third-order valence-corrected chi connectivity index (χ3v) is 6.17. The molecule has 0 atom stereocenters. The molecule has 2 heterocycles. The van der Waals surface area contributed by atoms with E-state index >= 15 is 0 Å². The van der Waals surface area contributed by atoms with Crippen LogP contribution in [0, 0.1) is 5.41 Å². The Labute approximate surface area is 199 Å². The standard InChI is InChI=1S/C26H31NO7/c1-26(2,25(29)34-18-9-11-32-12-10-18)15-33-22-19(7-8-21(30-3)23(22)31-4)16-5-6-20-17(13-16)14-27-24(20)28/h5-8,13,18H,9-12,14-15H2,1-4H3,(H,27,28). The van der Waals surface area contributed by atoms with Gasteiger partial charge in [0.25, 0.3) is 5.91 Å². The fourth-order valence-corrected chi connectivity index (χ4v) is 4.09. The molecule has 0 aromatic heterocycles. The Morgan fingerprint density at radius 2 is 1.79 bits per heavy atom. The molecule has 8 heteroatoms. The van der Waals surface area contributed by atoms with E-state index in [1.807, 2.05) is 30.3 Å². The number of esters is 1. The quantitative estimate of drug-likeness (QED) is 0.589. The van der Waals surface area contributed by atoms with E-state index in [-0.39, 0.29) is 24.6 Å². The van der Waals surface area contributed by atoms with Gasteiger partial charge in [0.2, 0.25) is 5.75 Å². The number of amides is 1. The Morgan fingerprint density at radius 1 is 1.06 bits per heavy atom. The Morgan fingerprint density at radius 3 is 2.50 bits per heavy atom. The first-order valence-electron chi connectivity index (χ1n) is 11.4. The van der Waals surface area contributed by atoms with Crippen LogP contribution in [0.3, 0.4) is 0 Å². The van der Waals surface area contributed by atoms with Crippen LogP contribution in [0.5, 0.6) is 17.2 Å². The number of fused-ring (bicyclic) bond motifs is 1. The monoisotopic (exact) mass is 469 g/mol. The average Bonchev–Trinajstić information content (AvgIpc) is 3.22. The van der Waals surface area contributed by atoms with Crippen LogP contribution in [-0.4, -0.2) is 52.0 Å². The Hall–Kier alpha value is -3.26. The third kappa shape index (κ3) is 4.82. The summed E-state index contributed by atoms with van der Waals surface area (Å²) < 4.78 is 28.4. The fourth-order valence-electron chi connectivity index (χ4n) is 4.09. The van der Waals surface area contributed by atoms with Gasteiger partial charge >= 0.3 is 5.97 Å². The molecule has 0 radical (unpaired) electrons. The van der Waals surface area contributed by atoms with Gasteiger partial charge in [-0.15, -0.1) is 0 Å². The van der Waals surface area contributed by atoms with Gasteiger partial charge in [-0.1, -0.05) is 6.07 Å². The highest BCUT2D eigenvalue weighted by Gasteiger charge is 2.34. The summed E-state index contributed by atoms with van der Waals surface area (Å²) in [6.45, 7) is 5.36. The van der Waals surface area contributed by atoms with Crippen molar-refractivity contribution in [2.75, 3.05) is 34.0 Å². The van der Waals surface area contributed by atoms with E-state index in [9.17, 15) is 9.59 Å². The summed E-state index contributed by atoms with van der Waals surface area (Å²) >= 11 is 0. The zero-order valence-corrected chi connectivity index (χ0v) is 20.1. The largest absolute Gasteiger partial charge is 0.493 e. The van der Waals surface area contributed by atoms with Crippen LogP contribution in [0.4, 0.5) is 0 Å². The molecule has 0 saturated carbocycles. The van der Waals surface area contributed by atoms with Gasteiger partial charge in [-0.2, -0.15) is 0 Å². The molecular formula is C26H31NO7. The van der Waals surface area contributed by atoms with Gasteiger partial charge in [-0.05, 0) is 49.2 Å². The van der Waals surface area contributed by atoms with Crippen LogP contribution in [-0.2, 0) is 20.8 Å². The first kappa shape index (κ1) is 23.9. The van der Waals surface area contributed by atoms with Crippen LogP contribution in [0.25, 0.3) is 11.1 Å². The first-order valence-corrected chi connectivity index (χ1v) is 11.4. The van der Waals surface area contributed by atoms with Gasteiger partial charge in [-0.3, -0.25) is 9.59 Å². The second kappa shape index (κ2) is 9.93. The van der Waals surface area contributed by atoms with Gasteiger partial charge < -0.3 is 29.0 Å². The normalized spacial score (nSPS) is 15.9. The maximum atomic E-state index is 12.9. The second-order valence-corrected chi connectivity index (χ2v) is 9.12. The lowest BCUT2D eigenvalue weighted by molar-refractivity contribution is -0.165. The maximum absolute atomic E-state index is 12.9. The summed E-state index contributed by atoms with van der Waals surface area (Å²) in [6, 6.07) is 9.34. The van der Waals surface area contributed by atoms with Crippen molar-refractivity contribution < 1.29 is 33.3 Å². The first-order chi connectivity index (χ1) is 16.3. The summed E-state index contributed by atoms with van der Waals surface area (Å²) in [5, 5.41) is 2.84. The summed E-state index contributed by atoms with van der Waals surface area (Å²) in [7, 11) is 3.10. The zero-order valence-electron chi connectivity index (χ0n) is 20.1. The molecule has 1 amide bonds. The highest BCUT2D eigenvalue weighted by atomic mass is 16.6. The molecule has 8 nitrogen and oxygen atoms in total. The molecule has 1 saturated heterocycles. The van der Waals surface area contributed by atoms with Crippen molar-refractivity contribution in [2.24, 2.45) is 5.41 Å². The van der Waals surface area contributed by atoms with Crippen molar-refractivity contribution in [3.8, 4) is 28.4 Å². The summed E-state index contributed by atoms with van der Waals surface area (Å²) in [5.74, 6) is 1.02. The number of hydrogen-bond acceptors (Lipinski definition) is 7. The van der Waals surface area contributed by atoms with Crippen LogP contribution in [0.2, 0.25) is 0 Å². The third-order valence-electron chi connectivity index (χ3n) is 6.17. The van der Waals surface area contributed by atoms with Gasteiger partial charge in [0, 0.05) is 30.5 Å². The minimum absolute atomic E-state index is 0.0740. The Kier molecular flexibility index (Phi) is 6.97. The number of benzene rings is 2. The van der Waals surface area contributed by atoms with Gasteiger partial charge in [0.1, 0.15) is 12.7 Å². The van der Waals surface area contributed by atoms with E-state index < -0.39 is 5.41 Å². The van der Waals surface area contributed by atoms with Crippen molar-refractivity contribution in [1.29, 1.82) is 0 Å². The molecule has 0 bridgehead atoms. The predicted octanol–water partition coefficient (Wildman–Crippen LogP) is 3.74. The van der Waals surface area contributed by atoms with Crippen molar-refractivity contribution in [1.82, 2.24) is 5.32 Å². The van der Waals surface area contributed by atoms with E-state index in [2.05, 4.69) is 5.32 Å². The Balaban J connectivity index is 1.61. The van der Waals surface area contributed by atoms with Crippen molar-refractivity contribution in [3.05, 3.63) is 41.5 Å². The molecule has 1 fully saturated rings. The predicted molar refractivity (Wildman–Crippen MR) is 125 cm³/mol. The van der Waals surface area contributed by atoms with Gasteiger partial charge in [0.15, 0.2) is 11.5 Å². The molecule has 2 aliphatic heterocycles. The minimum atomic E-state index is -0.891. The van der Waals surface area contributed by atoms with Crippen LogP contribution < -0.4 is 19.5 Å². The summed E-state index contributed by atoms with van der Waals surface area (Å²) in [4.78, 5) is 24.9. The molecule has 2 aliphatic rings. The van der Waals surface area contributed by atoms with Crippen LogP contribution in [0.15, 0.2) is 30.3 Å². The van der Waals surface area contributed by atoms with Crippen molar-refractivity contribution >= 4 is 11.9 Å². The molecule has 0 unspecified atom stereocenters.